The zero-order chi connectivity index (χ0) is 18.9. The number of pyridine rings is 2. The number of morpholine rings is 1. The van der Waals surface area contributed by atoms with Gasteiger partial charge in [-0.3, -0.25) is 4.98 Å². The molecule has 3 aromatic heterocycles. The minimum absolute atomic E-state index is 0.703. The highest BCUT2D eigenvalue weighted by atomic mass is 16.5. The second-order valence-electron chi connectivity index (χ2n) is 6.72. The molecule has 0 bridgehead atoms. The van der Waals surface area contributed by atoms with Gasteiger partial charge < -0.3 is 9.64 Å². The molecular weight excluding hydrogens is 352 g/mol. The van der Waals surface area contributed by atoms with Gasteiger partial charge in [0.1, 0.15) is 11.6 Å². The fraction of sp³-hybridized carbons (Fsp3) is 0.238. The second-order valence-corrected chi connectivity index (χ2v) is 6.72. The molecule has 4 heterocycles. The summed E-state index contributed by atoms with van der Waals surface area (Å²) < 4.78 is 7.38. The molecule has 0 spiro atoms. The summed E-state index contributed by atoms with van der Waals surface area (Å²) in [6.07, 6.45) is 3.62. The molecule has 1 fully saturated rings. The largest absolute Gasteiger partial charge is 0.378 e. The number of aromatic nitrogens is 5. The van der Waals surface area contributed by atoms with Gasteiger partial charge in [-0.2, -0.15) is 5.10 Å². The predicted molar refractivity (Wildman–Crippen MR) is 108 cm³/mol. The Morgan fingerprint density at radius 1 is 0.929 bits per heavy atom. The van der Waals surface area contributed by atoms with Crippen molar-refractivity contribution in [1.82, 2.24) is 24.7 Å². The summed E-state index contributed by atoms with van der Waals surface area (Å²) in [6, 6.07) is 14.1. The van der Waals surface area contributed by atoms with Crippen LogP contribution in [0.5, 0.6) is 0 Å². The highest BCUT2D eigenvalue weighted by molar-refractivity contribution is 5.87. The monoisotopic (exact) mass is 372 g/mol. The molecule has 0 amide bonds. The van der Waals surface area contributed by atoms with Crippen LogP contribution in [0.3, 0.4) is 0 Å². The van der Waals surface area contributed by atoms with Crippen LogP contribution in [-0.2, 0) is 4.74 Å². The van der Waals surface area contributed by atoms with Crippen molar-refractivity contribution in [2.75, 3.05) is 31.2 Å². The fourth-order valence-corrected chi connectivity index (χ4v) is 3.62. The van der Waals surface area contributed by atoms with Gasteiger partial charge in [-0.1, -0.05) is 18.2 Å². The Kier molecular flexibility index (Phi) is 4.21. The van der Waals surface area contributed by atoms with E-state index in [2.05, 4.69) is 38.2 Å². The molecule has 0 N–H and O–H groups in total. The Balaban J connectivity index is 1.70. The van der Waals surface area contributed by atoms with Gasteiger partial charge >= 0.3 is 0 Å². The molecule has 1 aliphatic heterocycles. The van der Waals surface area contributed by atoms with Crippen molar-refractivity contribution in [3.05, 3.63) is 60.7 Å². The molecule has 7 heteroatoms. The van der Waals surface area contributed by atoms with Crippen LogP contribution in [0.1, 0.15) is 5.82 Å². The van der Waals surface area contributed by atoms with Crippen LogP contribution >= 0.6 is 0 Å². The summed E-state index contributed by atoms with van der Waals surface area (Å²) in [4.78, 5) is 16.2. The third kappa shape index (κ3) is 2.90. The highest BCUT2D eigenvalue weighted by Crippen LogP contribution is 2.31. The fourth-order valence-electron chi connectivity index (χ4n) is 3.62. The van der Waals surface area contributed by atoms with Crippen molar-refractivity contribution >= 4 is 16.7 Å². The van der Waals surface area contributed by atoms with Gasteiger partial charge in [0.15, 0.2) is 5.82 Å². The van der Waals surface area contributed by atoms with Crippen LogP contribution in [0.15, 0.2) is 54.9 Å². The smallest absolute Gasteiger partial charge is 0.167 e. The molecule has 5 rings (SSSR count). The van der Waals surface area contributed by atoms with Crippen molar-refractivity contribution in [3.63, 3.8) is 0 Å². The van der Waals surface area contributed by atoms with E-state index in [0.717, 1.165) is 46.9 Å². The summed E-state index contributed by atoms with van der Waals surface area (Å²) in [5, 5.41) is 5.76. The number of fused-ring (bicyclic) bond motifs is 1. The standard InChI is InChI=1S/C21H20N6O/c1-15-24-21(17-7-4-10-23-20(17)26-11-13-28-14-12-26)27(25-15)18-8-2-5-16-6-3-9-22-19(16)18/h2-10H,11-14H2,1H3. The van der Waals surface area contributed by atoms with Gasteiger partial charge in [0.05, 0.1) is 30.0 Å². The first kappa shape index (κ1) is 16.8. The molecule has 28 heavy (non-hydrogen) atoms. The Labute approximate surface area is 162 Å². The normalized spacial score (nSPS) is 14.5. The zero-order valence-corrected chi connectivity index (χ0v) is 15.6. The summed E-state index contributed by atoms with van der Waals surface area (Å²) in [5.41, 5.74) is 2.76. The number of nitrogens with zero attached hydrogens (tertiary/aromatic N) is 6. The number of ether oxygens (including phenoxy) is 1. The van der Waals surface area contributed by atoms with E-state index in [9.17, 15) is 0 Å². The molecule has 4 aromatic rings. The molecule has 7 nitrogen and oxygen atoms in total. The lowest BCUT2D eigenvalue weighted by molar-refractivity contribution is 0.122. The van der Waals surface area contributed by atoms with Gasteiger partial charge in [-0.05, 0) is 31.2 Å². The summed E-state index contributed by atoms with van der Waals surface area (Å²) >= 11 is 0. The van der Waals surface area contributed by atoms with Crippen molar-refractivity contribution in [2.24, 2.45) is 0 Å². The first-order valence-corrected chi connectivity index (χ1v) is 9.37. The van der Waals surface area contributed by atoms with Crippen molar-refractivity contribution in [2.45, 2.75) is 6.92 Å². The number of benzene rings is 1. The maximum atomic E-state index is 5.50. The van der Waals surface area contributed by atoms with E-state index >= 15 is 0 Å². The van der Waals surface area contributed by atoms with E-state index in [1.165, 1.54) is 0 Å². The Morgan fingerprint density at radius 3 is 2.61 bits per heavy atom. The van der Waals surface area contributed by atoms with Crippen LogP contribution in [0, 0.1) is 6.92 Å². The highest BCUT2D eigenvalue weighted by Gasteiger charge is 2.22. The molecular formula is C21H20N6O. The van der Waals surface area contributed by atoms with E-state index < -0.39 is 0 Å². The number of rotatable bonds is 3. The average Bonchev–Trinajstić information content (AvgIpc) is 3.15. The van der Waals surface area contributed by atoms with Crippen molar-refractivity contribution < 1.29 is 4.74 Å². The minimum Gasteiger partial charge on any atom is -0.378 e. The maximum absolute atomic E-state index is 5.50. The van der Waals surface area contributed by atoms with Crippen LogP contribution < -0.4 is 4.90 Å². The Morgan fingerprint density at radius 2 is 1.71 bits per heavy atom. The molecule has 140 valence electrons. The molecule has 1 aliphatic rings. The van der Waals surface area contributed by atoms with E-state index in [4.69, 9.17) is 9.72 Å². The van der Waals surface area contributed by atoms with Crippen LogP contribution in [0.2, 0.25) is 0 Å². The van der Waals surface area contributed by atoms with Crippen molar-refractivity contribution in [3.8, 4) is 17.1 Å². The van der Waals surface area contributed by atoms with E-state index in [1.54, 1.807) is 6.20 Å². The SMILES string of the molecule is Cc1nc(-c2cccnc2N2CCOCC2)n(-c2cccc3cccnc23)n1. The van der Waals surface area contributed by atoms with E-state index in [-0.39, 0.29) is 0 Å². The average molecular weight is 372 g/mol. The summed E-state index contributed by atoms with van der Waals surface area (Å²) in [6.45, 7) is 4.94. The number of para-hydroxylation sites is 1. The Hall–Kier alpha value is -3.32. The molecule has 0 saturated carbocycles. The minimum atomic E-state index is 0.703. The molecule has 1 aromatic carbocycles. The molecule has 0 unspecified atom stereocenters. The summed E-state index contributed by atoms with van der Waals surface area (Å²) in [7, 11) is 0. The van der Waals surface area contributed by atoms with Crippen LogP contribution in [0.25, 0.3) is 28.0 Å². The number of aryl methyl sites for hydroxylation is 1. The molecule has 0 atom stereocenters. The lowest BCUT2D eigenvalue weighted by Gasteiger charge is -2.29. The maximum Gasteiger partial charge on any atom is 0.167 e. The zero-order valence-electron chi connectivity index (χ0n) is 15.6. The third-order valence-corrected chi connectivity index (χ3v) is 4.89. The second kappa shape index (κ2) is 7.01. The van der Waals surface area contributed by atoms with Crippen LogP contribution in [0.4, 0.5) is 5.82 Å². The first-order chi connectivity index (χ1) is 13.8. The number of anilines is 1. The lowest BCUT2D eigenvalue weighted by atomic mass is 10.1. The van der Waals surface area contributed by atoms with Gasteiger partial charge in [-0.25, -0.2) is 14.6 Å². The Bertz CT molecular complexity index is 1130. The summed E-state index contributed by atoms with van der Waals surface area (Å²) in [5.74, 6) is 2.39. The quantitative estimate of drug-likeness (QED) is 0.551. The van der Waals surface area contributed by atoms with Gasteiger partial charge in [0.25, 0.3) is 0 Å². The van der Waals surface area contributed by atoms with E-state index in [1.807, 2.05) is 42.1 Å². The molecule has 0 aliphatic carbocycles. The molecule has 1 saturated heterocycles. The number of hydrogen-bond acceptors (Lipinski definition) is 6. The lowest BCUT2D eigenvalue weighted by Crippen LogP contribution is -2.37. The molecule has 0 radical (unpaired) electrons. The van der Waals surface area contributed by atoms with Gasteiger partial charge in [0, 0.05) is 30.9 Å². The first-order valence-electron chi connectivity index (χ1n) is 9.37. The van der Waals surface area contributed by atoms with E-state index in [0.29, 0.717) is 19.0 Å². The van der Waals surface area contributed by atoms with Crippen LogP contribution in [-0.4, -0.2) is 51.0 Å². The third-order valence-electron chi connectivity index (χ3n) is 4.89. The van der Waals surface area contributed by atoms with Gasteiger partial charge in [0.2, 0.25) is 0 Å². The number of hydrogen-bond donors (Lipinski definition) is 0. The van der Waals surface area contributed by atoms with Gasteiger partial charge in [-0.15, -0.1) is 0 Å². The topological polar surface area (TPSA) is 69.0 Å². The van der Waals surface area contributed by atoms with Crippen molar-refractivity contribution in [1.29, 1.82) is 0 Å². The predicted octanol–water partition coefficient (Wildman–Crippen LogP) is 3.02.